The van der Waals surface area contributed by atoms with Crippen molar-refractivity contribution < 1.29 is 23.8 Å². The fourth-order valence-corrected chi connectivity index (χ4v) is 2.50. The average Bonchev–Trinajstić information content (AvgIpc) is 3.12. The van der Waals surface area contributed by atoms with E-state index in [1.165, 1.54) is 0 Å². The number of thiocarbonyl (C=S) groups is 1. The molecule has 0 aromatic heterocycles. The summed E-state index contributed by atoms with van der Waals surface area (Å²) in [6.45, 7) is 3.22. The number of rotatable bonds is 7. The second kappa shape index (κ2) is 10.5. The van der Waals surface area contributed by atoms with Crippen molar-refractivity contribution in [2.24, 2.45) is 0 Å². The van der Waals surface area contributed by atoms with Crippen molar-refractivity contribution in [1.82, 2.24) is 5.32 Å². The zero-order valence-corrected chi connectivity index (χ0v) is 15.3. The Morgan fingerprint density at radius 2 is 2.23 bits per heavy atom. The molecule has 1 aliphatic rings. The zero-order valence-electron chi connectivity index (χ0n) is 14.5. The third-order valence-electron chi connectivity index (χ3n) is 3.45. The van der Waals surface area contributed by atoms with Crippen molar-refractivity contribution in [3.05, 3.63) is 36.4 Å². The molecule has 1 atom stereocenters. The molecule has 1 aromatic rings. The largest absolute Gasteiger partial charge is 0.491 e. The van der Waals surface area contributed by atoms with E-state index >= 15 is 0 Å². The van der Waals surface area contributed by atoms with Gasteiger partial charge in [0.05, 0.1) is 12.7 Å². The van der Waals surface area contributed by atoms with Crippen LogP contribution in [-0.2, 0) is 19.1 Å². The van der Waals surface area contributed by atoms with Gasteiger partial charge in [-0.1, -0.05) is 6.07 Å². The molecule has 140 valence electrons. The fourth-order valence-electron chi connectivity index (χ4n) is 2.28. The lowest BCUT2D eigenvalue weighted by molar-refractivity contribution is -0.137. The first-order valence-electron chi connectivity index (χ1n) is 8.38. The van der Waals surface area contributed by atoms with Gasteiger partial charge in [-0.2, -0.15) is 0 Å². The summed E-state index contributed by atoms with van der Waals surface area (Å²) in [6.07, 6.45) is 4.31. The standard InChI is InChI=1S/C18H22N2O5S/c1-2-23-17(22)9-8-16(21)20-18(26)19-13-5-3-6-14(11-13)25-12-15-7-4-10-24-15/h3,5-6,8-9,11,15H,2,4,7,10,12H2,1H3,(H2,19,20,21,26)/b9-8+. The molecule has 0 spiro atoms. The molecule has 0 radical (unpaired) electrons. The van der Waals surface area contributed by atoms with Crippen LogP contribution in [0.1, 0.15) is 19.8 Å². The molecule has 7 nitrogen and oxygen atoms in total. The van der Waals surface area contributed by atoms with Crippen LogP contribution in [-0.4, -0.2) is 42.9 Å². The van der Waals surface area contributed by atoms with Crippen molar-refractivity contribution in [3.63, 3.8) is 0 Å². The van der Waals surface area contributed by atoms with Gasteiger partial charge in [0.15, 0.2) is 5.11 Å². The number of esters is 1. The number of anilines is 1. The Morgan fingerprint density at radius 3 is 2.96 bits per heavy atom. The average molecular weight is 378 g/mol. The summed E-state index contributed by atoms with van der Waals surface area (Å²) in [4.78, 5) is 22.9. The highest BCUT2D eigenvalue weighted by Crippen LogP contribution is 2.19. The van der Waals surface area contributed by atoms with Gasteiger partial charge < -0.3 is 19.5 Å². The normalized spacial score (nSPS) is 16.3. The molecule has 1 saturated heterocycles. The van der Waals surface area contributed by atoms with Crippen LogP contribution < -0.4 is 15.4 Å². The highest BCUT2D eigenvalue weighted by atomic mass is 32.1. The number of hydrogen-bond acceptors (Lipinski definition) is 6. The SMILES string of the molecule is CCOC(=O)/C=C/C(=O)NC(=S)Nc1cccc(OCC2CCCO2)c1. The van der Waals surface area contributed by atoms with Crippen LogP contribution in [0, 0.1) is 0 Å². The molecule has 0 aliphatic carbocycles. The van der Waals surface area contributed by atoms with Gasteiger partial charge in [-0.15, -0.1) is 0 Å². The van der Waals surface area contributed by atoms with Crippen molar-refractivity contribution in [3.8, 4) is 5.75 Å². The van der Waals surface area contributed by atoms with Gasteiger partial charge in [-0.25, -0.2) is 4.79 Å². The summed E-state index contributed by atoms with van der Waals surface area (Å²) in [7, 11) is 0. The predicted octanol–water partition coefficient (Wildman–Crippen LogP) is 2.18. The van der Waals surface area contributed by atoms with Crippen LogP contribution in [0.2, 0.25) is 0 Å². The molecule has 2 rings (SSSR count). The Labute approximate surface area is 157 Å². The molecule has 2 N–H and O–H groups in total. The van der Waals surface area contributed by atoms with E-state index in [9.17, 15) is 9.59 Å². The van der Waals surface area contributed by atoms with E-state index < -0.39 is 11.9 Å². The Hall–Kier alpha value is -2.45. The van der Waals surface area contributed by atoms with Gasteiger partial charge in [0.1, 0.15) is 12.4 Å². The van der Waals surface area contributed by atoms with Gasteiger partial charge in [0.25, 0.3) is 0 Å². The van der Waals surface area contributed by atoms with Gasteiger partial charge in [-0.3, -0.25) is 10.1 Å². The minimum atomic E-state index is -0.586. The van der Waals surface area contributed by atoms with Crippen molar-refractivity contribution >= 4 is 34.9 Å². The van der Waals surface area contributed by atoms with Crippen molar-refractivity contribution in [2.75, 3.05) is 25.1 Å². The third kappa shape index (κ3) is 7.20. The molecular formula is C18H22N2O5S. The fraction of sp³-hybridized carbons (Fsp3) is 0.389. The minimum absolute atomic E-state index is 0.111. The Morgan fingerprint density at radius 1 is 1.38 bits per heavy atom. The lowest BCUT2D eigenvalue weighted by Gasteiger charge is -2.13. The van der Waals surface area contributed by atoms with E-state index in [1.807, 2.05) is 12.1 Å². The number of nitrogens with one attached hydrogen (secondary N) is 2. The minimum Gasteiger partial charge on any atom is -0.491 e. The van der Waals surface area contributed by atoms with E-state index in [2.05, 4.69) is 15.4 Å². The maximum atomic E-state index is 11.7. The molecule has 1 fully saturated rings. The van der Waals surface area contributed by atoms with Gasteiger partial charge in [0.2, 0.25) is 5.91 Å². The molecule has 0 saturated carbocycles. The van der Waals surface area contributed by atoms with Crippen molar-refractivity contribution in [2.45, 2.75) is 25.9 Å². The summed E-state index contributed by atoms with van der Waals surface area (Å²) < 4.78 is 15.9. The van der Waals surface area contributed by atoms with Crippen molar-refractivity contribution in [1.29, 1.82) is 0 Å². The van der Waals surface area contributed by atoms with Gasteiger partial charge in [-0.05, 0) is 44.1 Å². The zero-order chi connectivity index (χ0) is 18.8. The van der Waals surface area contributed by atoms with Crippen LogP contribution in [0.3, 0.4) is 0 Å². The molecule has 26 heavy (non-hydrogen) atoms. The van der Waals surface area contributed by atoms with E-state index in [1.54, 1.807) is 19.1 Å². The summed E-state index contributed by atoms with van der Waals surface area (Å²) in [6, 6.07) is 7.23. The second-order valence-electron chi connectivity index (χ2n) is 5.50. The maximum Gasteiger partial charge on any atom is 0.330 e. The van der Waals surface area contributed by atoms with E-state index in [0.717, 1.165) is 31.6 Å². The monoisotopic (exact) mass is 378 g/mol. The lowest BCUT2D eigenvalue weighted by Crippen LogP contribution is -2.33. The van der Waals surface area contributed by atoms with Crippen LogP contribution in [0.25, 0.3) is 0 Å². The number of benzene rings is 1. The molecule has 1 aromatic carbocycles. The van der Waals surface area contributed by atoms with Crippen LogP contribution in [0.15, 0.2) is 36.4 Å². The van der Waals surface area contributed by atoms with Crippen LogP contribution in [0.5, 0.6) is 5.75 Å². The number of carbonyl (C=O) groups excluding carboxylic acids is 2. The van der Waals surface area contributed by atoms with E-state index in [4.69, 9.17) is 21.7 Å². The number of ether oxygens (including phenoxy) is 3. The third-order valence-corrected chi connectivity index (χ3v) is 3.65. The van der Waals surface area contributed by atoms with Gasteiger partial charge in [0, 0.05) is 30.5 Å². The Balaban J connectivity index is 1.79. The highest BCUT2D eigenvalue weighted by molar-refractivity contribution is 7.80. The number of hydrogen-bond donors (Lipinski definition) is 2. The summed E-state index contributed by atoms with van der Waals surface area (Å²) in [5, 5.41) is 5.45. The number of carbonyl (C=O) groups is 2. The van der Waals surface area contributed by atoms with Crippen LogP contribution in [0.4, 0.5) is 5.69 Å². The lowest BCUT2D eigenvalue weighted by atomic mass is 10.2. The molecule has 1 unspecified atom stereocenters. The van der Waals surface area contributed by atoms with Crippen LogP contribution >= 0.6 is 12.2 Å². The quantitative estimate of drug-likeness (QED) is 0.427. The highest BCUT2D eigenvalue weighted by Gasteiger charge is 2.16. The van der Waals surface area contributed by atoms with E-state index in [-0.39, 0.29) is 17.8 Å². The summed E-state index contributed by atoms with van der Waals surface area (Å²) in [5.74, 6) is -0.430. The first-order valence-corrected chi connectivity index (χ1v) is 8.79. The Bertz CT molecular complexity index is 671. The molecular weight excluding hydrogens is 356 g/mol. The molecule has 1 aliphatic heterocycles. The predicted molar refractivity (Wildman–Crippen MR) is 101 cm³/mol. The molecule has 0 bridgehead atoms. The maximum absolute atomic E-state index is 11.7. The first kappa shape index (κ1) is 19.9. The topological polar surface area (TPSA) is 85.9 Å². The Kier molecular flexibility index (Phi) is 8.04. The molecule has 1 heterocycles. The summed E-state index contributed by atoms with van der Waals surface area (Å²) >= 11 is 5.08. The second-order valence-corrected chi connectivity index (χ2v) is 5.91. The molecule has 1 amide bonds. The van der Waals surface area contributed by atoms with E-state index in [0.29, 0.717) is 18.0 Å². The first-order chi connectivity index (χ1) is 12.6. The molecule has 8 heteroatoms. The smallest absolute Gasteiger partial charge is 0.330 e. The number of amides is 1. The summed E-state index contributed by atoms with van der Waals surface area (Å²) in [5.41, 5.74) is 0.675. The van der Waals surface area contributed by atoms with Gasteiger partial charge >= 0.3 is 5.97 Å².